The first-order valence-corrected chi connectivity index (χ1v) is 10.3. The zero-order valence-corrected chi connectivity index (χ0v) is 18.2. The van der Waals surface area contributed by atoms with Gasteiger partial charge in [0.1, 0.15) is 22.2 Å². The van der Waals surface area contributed by atoms with Gasteiger partial charge in [0.15, 0.2) is 11.5 Å². The molecule has 3 rings (SSSR count). The fourth-order valence-electron chi connectivity index (χ4n) is 2.68. The molecule has 0 unspecified atom stereocenters. The highest BCUT2D eigenvalue weighted by Crippen LogP contribution is 2.29. The Labute approximate surface area is 186 Å². The van der Waals surface area contributed by atoms with Crippen LogP contribution in [0.5, 0.6) is 17.2 Å². The van der Waals surface area contributed by atoms with Gasteiger partial charge in [-0.1, -0.05) is 17.7 Å². The number of aromatic nitrogens is 1. The van der Waals surface area contributed by atoms with E-state index in [1.54, 1.807) is 37.3 Å². The number of ether oxygens (including phenoxy) is 3. The maximum atomic E-state index is 12.6. The lowest BCUT2D eigenvalue weighted by molar-refractivity contribution is -0.0512. The number of carbonyl (C=O) groups is 1. The molecule has 0 bridgehead atoms. The molecule has 164 valence electrons. The molecule has 0 atom stereocenters. The van der Waals surface area contributed by atoms with Gasteiger partial charge in [0.05, 0.1) is 12.8 Å². The lowest BCUT2D eigenvalue weighted by Crippen LogP contribution is -2.22. The summed E-state index contributed by atoms with van der Waals surface area (Å²) in [6.07, 6.45) is 0. The summed E-state index contributed by atoms with van der Waals surface area (Å²) >= 11 is 7.09. The van der Waals surface area contributed by atoms with Crippen LogP contribution < -0.4 is 19.5 Å². The Bertz CT molecular complexity index is 1040. The van der Waals surface area contributed by atoms with Gasteiger partial charge in [-0.2, -0.15) is 8.78 Å². The van der Waals surface area contributed by atoms with Crippen molar-refractivity contribution < 1.29 is 27.8 Å². The van der Waals surface area contributed by atoms with Crippen LogP contribution in [0.4, 0.5) is 8.78 Å². The van der Waals surface area contributed by atoms with E-state index in [-0.39, 0.29) is 30.6 Å². The van der Waals surface area contributed by atoms with Gasteiger partial charge in [-0.05, 0) is 48.9 Å². The van der Waals surface area contributed by atoms with Crippen molar-refractivity contribution in [2.24, 2.45) is 0 Å². The number of methoxy groups -OCH3 is 1. The van der Waals surface area contributed by atoms with Crippen LogP contribution in [0, 0.1) is 6.92 Å². The molecular weight excluding hydrogens is 450 g/mol. The molecule has 0 aliphatic rings. The molecule has 0 saturated heterocycles. The van der Waals surface area contributed by atoms with E-state index in [2.05, 4.69) is 15.0 Å². The van der Waals surface area contributed by atoms with E-state index in [1.807, 2.05) is 0 Å². The minimum Gasteiger partial charge on any atom is -0.493 e. The standard InChI is InChI=1S/C21H19ClF2N2O4S/c1-12-19(31-18(26-12)11-29-15-6-4-14(22)5-7-15)20(27)25-10-13-3-8-16(30-21(23)24)17(9-13)28-2/h3-9,21H,10-11H2,1-2H3,(H,25,27). The molecule has 0 radical (unpaired) electrons. The first-order valence-electron chi connectivity index (χ1n) is 9.10. The third-order valence-electron chi connectivity index (χ3n) is 4.12. The molecule has 1 aromatic heterocycles. The van der Waals surface area contributed by atoms with Crippen molar-refractivity contribution in [1.29, 1.82) is 0 Å². The maximum absolute atomic E-state index is 12.6. The Kier molecular flexibility index (Phi) is 7.64. The van der Waals surface area contributed by atoms with E-state index >= 15 is 0 Å². The summed E-state index contributed by atoms with van der Waals surface area (Å²) in [6.45, 7) is -0.801. The van der Waals surface area contributed by atoms with Crippen molar-refractivity contribution in [3.8, 4) is 17.2 Å². The predicted octanol–water partition coefficient (Wildman–Crippen LogP) is 5.22. The first-order chi connectivity index (χ1) is 14.9. The fourth-order valence-corrected chi connectivity index (χ4v) is 3.70. The molecule has 2 aromatic carbocycles. The number of carbonyl (C=O) groups excluding carboxylic acids is 1. The number of nitrogens with zero attached hydrogens (tertiary/aromatic N) is 1. The van der Waals surface area contributed by atoms with E-state index in [9.17, 15) is 13.6 Å². The van der Waals surface area contributed by atoms with Gasteiger partial charge in [-0.25, -0.2) is 4.98 Å². The lowest BCUT2D eigenvalue weighted by atomic mass is 10.2. The highest BCUT2D eigenvalue weighted by atomic mass is 35.5. The van der Waals surface area contributed by atoms with Gasteiger partial charge in [-0.15, -0.1) is 11.3 Å². The summed E-state index contributed by atoms with van der Waals surface area (Å²) in [5.41, 5.74) is 1.26. The number of nitrogens with one attached hydrogen (secondary N) is 1. The normalized spacial score (nSPS) is 10.8. The second-order valence-electron chi connectivity index (χ2n) is 6.31. The second-order valence-corrected chi connectivity index (χ2v) is 7.83. The van der Waals surface area contributed by atoms with Gasteiger partial charge in [0.25, 0.3) is 5.91 Å². The number of amides is 1. The third kappa shape index (κ3) is 6.28. The second kappa shape index (κ2) is 10.4. The maximum Gasteiger partial charge on any atom is 0.387 e. The van der Waals surface area contributed by atoms with Gasteiger partial charge in [0.2, 0.25) is 0 Å². The van der Waals surface area contributed by atoms with E-state index in [1.165, 1.54) is 30.6 Å². The van der Waals surface area contributed by atoms with Crippen LogP contribution >= 0.6 is 22.9 Å². The van der Waals surface area contributed by atoms with Crippen LogP contribution in [0.1, 0.15) is 25.9 Å². The van der Waals surface area contributed by atoms with Crippen molar-refractivity contribution in [2.45, 2.75) is 26.7 Å². The molecule has 1 heterocycles. The van der Waals surface area contributed by atoms with Gasteiger partial charge < -0.3 is 19.5 Å². The molecular formula is C21H19ClF2N2O4S. The van der Waals surface area contributed by atoms with Crippen LogP contribution in [0.3, 0.4) is 0 Å². The van der Waals surface area contributed by atoms with Crippen LogP contribution in [-0.2, 0) is 13.2 Å². The SMILES string of the molecule is COc1cc(CNC(=O)c2sc(COc3ccc(Cl)cc3)nc2C)ccc1OC(F)F. The molecule has 0 saturated carbocycles. The molecule has 0 aliphatic carbocycles. The molecule has 10 heteroatoms. The summed E-state index contributed by atoms with van der Waals surface area (Å²) in [7, 11) is 1.35. The number of alkyl halides is 2. The molecule has 6 nitrogen and oxygen atoms in total. The topological polar surface area (TPSA) is 69.7 Å². The summed E-state index contributed by atoms with van der Waals surface area (Å²) < 4.78 is 40.0. The number of thiazole rings is 1. The number of hydrogen-bond acceptors (Lipinski definition) is 6. The van der Waals surface area contributed by atoms with Gasteiger partial charge in [0, 0.05) is 11.6 Å². The number of rotatable bonds is 9. The molecule has 3 aromatic rings. The summed E-state index contributed by atoms with van der Waals surface area (Å²) in [6, 6.07) is 11.4. The van der Waals surface area contributed by atoms with Crippen molar-refractivity contribution in [2.75, 3.05) is 7.11 Å². The Balaban J connectivity index is 1.60. The van der Waals surface area contributed by atoms with Crippen LogP contribution in [-0.4, -0.2) is 24.6 Å². The van der Waals surface area contributed by atoms with Crippen molar-refractivity contribution in [3.05, 3.63) is 68.6 Å². The van der Waals surface area contributed by atoms with Crippen molar-refractivity contribution >= 4 is 28.8 Å². The Morgan fingerprint density at radius 3 is 2.61 bits per heavy atom. The number of benzene rings is 2. The number of hydrogen-bond donors (Lipinski definition) is 1. The highest BCUT2D eigenvalue weighted by molar-refractivity contribution is 7.13. The smallest absolute Gasteiger partial charge is 0.387 e. The lowest BCUT2D eigenvalue weighted by Gasteiger charge is -2.11. The molecule has 0 fully saturated rings. The zero-order valence-electron chi connectivity index (χ0n) is 16.7. The molecule has 0 aliphatic heterocycles. The quantitative estimate of drug-likeness (QED) is 0.466. The van der Waals surface area contributed by atoms with Crippen LogP contribution in [0.25, 0.3) is 0 Å². The van der Waals surface area contributed by atoms with E-state index < -0.39 is 6.61 Å². The monoisotopic (exact) mass is 468 g/mol. The van der Waals surface area contributed by atoms with Crippen molar-refractivity contribution in [1.82, 2.24) is 10.3 Å². The Morgan fingerprint density at radius 1 is 1.19 bits per heavy atom. The minimum atomic E-state index is -2.95. The van der Waals surface area contributed by atoms with Crippen molar-refractivity contribution in [3.63, 3.8) is 0 Å². The van der Waals surface area contributed by atoms with Crippen LogP contribution in [0.2, 0.25) is 5.02 Å². The van der Waals surface area contributed by atoms with Gasteiger partial charge in [-0.3, -0.25) is 4.79 Å². The number of halogens is 3. The summed E-state index contributed by atoms with van der Waals surface area (Å²) in [5.74, 6) is 0.440. The number of aryl methyl sites for hydroxylation is 1. The Hall–Kier alpha value is -2.91. The fraction of sp³-hybridized carbons (Fsp3) is 0.238. The first kappa shape index (κ1) is 22.8. The molecule has 1 amide bonds. The molecule has 1 N–H and O–H groups in total. The van der Waals surface area contributed by atoms with E-state index in [4.69, 9.17) is 21.1 Å². The largest absolute Gasteiger partial charge is 0.493 e. The summed E-state index contributed by atoms with van der Waals surface area (Å²) in [5, 5.41) is 4.07. The molecule has 0 spiro atoms. The Morgan fingerprint density at radius 2 is 1.94 bits per heavy atom. The third-order valence-corrected chi connectivity index (χ3v) is 5.50. The predicted molar refractivity (Wildman–Crippen MR) is 113 cm³/mol. The van der Waals surface area contributed by atoms with E-state index in [0.29, 0.717) is 31.9 Å². The average Bonchev–Trinajstić information content (AvgIpc) is 3.12. The highest BCUT2D eigenvalue weighted by Gasteiger charge is 2.16. The minimum absolute atomic E-state index is 0.0730. The summed E-state index contributed by atoms with van der Waals surface area (Å²) in [4.78, 5) is 17.4. The average molecular weight is 469 g/mol. The van der Waals surface area contributed by atoms with E-state index in [0.717, 1.165) is 0 Å². The zero-order chi connectivity index (χ0) is 22.4. The molecule has 31 heavy (non-hydrogen) atoms. The van der Waals surface area contributed by atoms with Crippen LogP contribution in [0.15, 0.2) is 42.5 Å². The van der Waals surface area contributed by atoms with Gasteiger partial charge >= 0.3 is 6.61 Å².